The predicted octanol–water partition coefficient (Wildman–Crippen LogP) is 5.29. The first kappa shape index (κ1) is 31.5. The summed E-state index contributed by atoms with van der Waals surface area (Å²) < 4.78 is 40.2. The van der Waals surface area contributed by atoms with Crippen molar-refractivity contribution in [2.45, 2.75) is 44.2 Å². The Morgan fingerprint density at radius 2 is 1.62 bits per heavy atom. The third-order valence-electron chi connectivity index (χ3n) is 6.81. The van der Waals surface area contributed by atoms with Gasteiger partial charge in [-0.1, -0.05) is 60.8 Å². The van der Waals surface area contributed by atoms with E-state index < -0.39 is 28.5 Å². The number of halogens is 2. The molecule has 2 amide bonds. The number of fused-ring (bicyclic) bond motifs is 1. The van der Waals surface area contributed by atoms with E-state index in [1.54, 1.807) is 55.5 Å². The molecule has 12 heteroatoms. The van der Waals surface area contributed by atoms with Crippen LogP contribution in [0.1, 0.15) is 32.3 Å². The normalized spacial score (nSPS) is 13.2. The maximum absolute atomic E-state index is 14.1. The van der Waals surface area contributed by atoms with Crippen molar-refractivity contribution in [2.24, 2.45) is 0 Å². The van der Waals surface area contributed by atoms with Crippen molar-refractivity contribution in [3.8, 4) is 11.5 Å². The number of nitrogens with one attached hydrogen (secondary N) is 1. The van der Waals surface area contributed by atoms with Crippen LogP contribution in [0.3, 0.4) is 0 Å². The molecule has 0 bridgehead atoms. The number of unbranched alkanes of at least 4 members (excludes halogenated alkanes) is 1. The molecule has 1 aliphatic rings. The molecule has 1 heterocycles. The molecule has 42 heavy (non-hydrogen) atoms. The maximum Gasteiger partial charge on any atom is 0.264 e. The molecule has 0 spiro atoms. The van der Waals surface area contributed by atoms with E-state index in [2.05, 4.69) is 5.32 Å². The second kappa shape index (κ2) is 14.1. The Bertz CT molecular complexity index is 1500. The summed E-state index contributed by atoms with van der Waals surface area (Å²) in [6, 6.07) is 16.5. The van der Waals surface area contributed by atoms with Gasteiger partial charge in [0.2, 0.25) is 11.8 Å². The minimum absolute atomic E-state index is 0.00116. The Labute approximate surface area is 256 Å². The van der Waals surface area contributed by atoms with Gasteiger partial charge in [-0.25, -0.2) is 8.42 Å². The van der Waals surface area contributed by atoms with E-state index in [-0.39, 0.29) is 23.0 Å². The Hall–Kier alpha value is -3.47. The Morgan fingerprint density at radius 3 is 2.29 bits per heavy atom. The average Bonchev–Trinajstić information content (AvgIpc) is 2.99. The number of ether oxygens (including phenoxy) is 2. The smallest absolute Gasteiger partial charge is 0.264 e. The van der Waals surface area contributed by atoms with E-state index >= 15 is 0 Å². The minimum atomic E-state index is -4.23. The summed E-state index contributed by atoms with van der Waals surface area (Å²) in [5.74, 6) is -0.168. The van der Waals surface area contributed by atoms with Gasteiger partial charge in [0, 0.05) is 34.8 Å². The van der Waals surface area contributed by atoms with E-state index in [1.165, 1.54) is 23.1 Å². The van der Waals surface area contributed by atoms with Crippen molar-refractivity contribution < 1.29 is 27.5 Å². The van der Waals surface area contributed by atoms with Crippen molar-refractivity contribution in [1.82, 2.24) is 10.2 Å². The number of anilines is 1. The first-order chi connectivity index (χ1) is 20.1. The lowest BCUT2D eigenvalue weighted by Crippen LogP contribution is -2.51. The second-order valence-electron chi connectivity index (χ2n) is 9.70. The number of carbonyl (C=O) groups excluding carboxylic acids is 2. The number of carbonyl (C=O) groups is 2. The van der Waals surface area contributed by atoms with Gasteiger partial charge in [0.15, 0.2) is 11.5 Å². The molecule has 1 N–H and O–H groups in total. The maximum atomic E-state index is 14.1. The standard InChI is InChI=1S/C30H33Cl2N3O6S/c1-3-4-15-33-30(37)21(2)34(19-24-25(31)11-8-12-26(24)32)29(36)20-35(42(38,39)23-9-6-5-7-10-23)22-13-14-27-28(18-22)41-17-16-40-27/h5-14,18,21H,3-4,15-17,19-20H2,1-2H3,(H,33,37)/t21-/m0/s1. The van der Waals surface area contributed by atoms with Gasteiger partial charge < -0.3 is 19.7 Å². The van der Waals surface area contributed by atoms with Gasteiger partial charge >= 0.3 is 0 Å². The van der Waals surface area contributed by atoms with Crippen LogP contribution in [-0.2, 0) is 26.2 Å². The molecule has 3 aromatic rings. The molecule has 0 aliphatic carbocycles. The lowest BCUT2D eigenvalue weighted by atomic mass is 10.1. The molecule has 0 unspecified atom stereocenters. The van der Waals surface area contributed by atoms with Crippen molar-refractivity contribution >= 4 is 50.7 Å². The summed E-state index contributed by atoms with van der Waals surface area (Å²) in [6.07, 6.45) is 1.66. The highest BCUT2D eigenvalue weighted by molar-refractivity contribution is 7.92. The van der Waals surface area contributed by atoms with Gasteiger partial charge in [-0.3, -0.25) is 13.9 Å². The van der Waals surface area contributed by atoms with Crippen molar-refractivity contribution in [3.05, 3.63) is 82.3 Å². The molecule has 0 saturated heterocycles. The molecular weight excluding hydrogens is 601 g/mol. The van der Waals surface area contributed by atoms with Crippen molar-refractivity contribution in [3.63, 3.8) is 0 Å². The molecule has 1 atom stereocenters. The monoisotopic (exact) mass is 633 g/mol. The van der Waals surface area contributed by atoms with Gasteiger partial charge in [0.1, 0.15) is 25.8 Å². The molecule has 224 valence electrons. The van der Waals surface area contributed by atoms with E-state index in [0.29, 0.717) is 46.9 Å². The summed E-state index contributed by atoms with van der Waals surface area (Å²) >= 11 is 12.9. The highest BCUT2D eigenvalue weighted by Gasteiger charge is 2.33. The predicted molar refractivity (Wildman–Crippen MR) is 163 cm³/mol. The SMILES string of the molecule is CCCCNC(=O)[C@H](C)N(Cc1c(Cl)cccc1Cl)C(=O)CN(c1ccc2c(c1)OCCO2)S(=O)(=O)c1ccccc1. The third-order valence-corrected chi connectivity index (χ3v) is 9.31. The summed E-state index contributed by atoms with van der Waals surface area (Å²) in [7, 11) is -4.23. The van der Waals surface area contributed by atoms with Gasteiger partial charge in [-0.2, -0.15) is 0 Å². The third kappa shape index (κ3) is 7.29. The zero-order chi connectivity index (χ0) is 30.3. The van der Waals surface area contributed by atoms with Crippen LogP contribution in [0.2, 0.25) is 10.0 Å². The Kier molecular flexibility index (Phi) is 10.6. The molecule has 0 fully saturated rings. The first-order valence-electron chi connectivity index (χ1n) is 13.6. The van der Waals surface area contributed by atoms with Crippen LogP contribution in [-0.4, -0.2) is 57.5 Å². The zero-order valence-electron chi connectivity index (χ0n) is 23.4. The summed E-state index contributed by atoms with van der Waals surface area (Å²) in [5.41, 5.74) is 0.645. The Morgan fingerprint density at radius 1 is 0.952 bits per heavy atom. The fourth-order valence-corrected chi connectivity index (χ4v) is 6.35. The van der Waals surface area contributed by atoms with Crippen LogP contribution in [0.15, 0.2) is 71.6 Å². The van der Waals surface area contributed by atoms with Crippen LogP contribution in [0.25, 0.3) is 0 Å². The van der Waals surface area contributed by atoms with E-state index in [0.717, 1.165) is 17.1 Å². The number of nitrogens with zero attached hydrogens (tertiary/aromatic N) is 2. The number of amides is 2. The lowest BCUT2D eigenvalue weighted by molar-refractivity contribution is -0.139. The van der Waals surface area contributed by atoms with Crippen LogP contribution < -0.4 is 19.1 Å². The topological polar surface area (TPSA) is 105 Å². The second-order valence-corrected chi connectivity index (χ2v) is 12.4. The number of hydrogen-bond acceptors (Lipinski definition) is 6. The highest BCUT2D eigenvalue weighted by atomic mass is 35.5. The van der Waals surface area contributed by atoms with E-state index in [9.17, 15) is 18.0 Å². The molecule has 0 radical (unpaired) electrons. The summed E-state index contributed by atoms with van der Waals surface area (Å²) in [6.45, 7) is 3.99. The quantitative estimate of drug-likeness (QED) is 0.272. The van der Waals surface area contributed by atoms with Gasteiger partial charge in [0.25, 0.3) is 10.0 Å². The summed E-state index contributed by atoms with van der Waals surface area (Å²) in [4.78, 5) is 28.5. The van der Waals surface area contributed by atoms with Gasteiger partial charge in [-0.05, 0) is 49.7 Å². The van der Waals surface area contributed by atoms with Crippen molar-refractivity contribution in [1.29, 1.82) is 0 Å². The van der Waals surface area contributed by atoms with Gasteiger partial charge in [-0.15, -0.1) is 0 Å². The molecule has 9 nitrogen and oxygen atoms in total. The number of sulfonamides is 1. The van der Waals surface area contributed by atoms with Crippen molar-refractivity contribution in [2.75, 3.05) is 30.6 Å². The number of rotatable bonds is 12. The summed E-state index contributed by atoms with van der Waals surface area (Å²) in [5, 5.41) is 3.49. The molecular formula is C30H33Cl2N3O6S. The van der Waals surface area contributed by atoms with Crippen LogP contribution in [0, 0.1) is 0 Å². The molecule has 4 rings (SSSR count). The van der Waals surface area contributed by atoms with Gasteiger partial charge in [0.05, 0.1) is 10.6 Å². The van der Waals surface area contributed by atoms with E-state index in [4.69, 9.17) is 32.7 Å². The number of benzene rings is 3. The average molecular weight is 635 g/mol. The molecule has 0 saturated carbocycles. The fourth-order valence-electron chi connectivity index (χ4n) is 4.41. The molecule has 1 aliphatic heterocycles. The van der Waals surface area contributed by atoms with E-state index in [1.807, 2.05) is 6.92 Å². The highest BCUT2D eigenvalue weighted by Crippen LogP contribution is 2.36. The van der Waals surface area contributed by atoms with Crippen LogP contribution in [0.4, 0.5) is 5.69 Å². The largest absolute Gasteiger partial charge is 0.486 e. The number of hydrogen-bond donors (Lipinski definition) is 1. The first-order valence-corrected chi connectivity index (χ1v) is 15.8. The van der Waals surface area contributed by atoms with Crippen LogP contribution in [0.5, 0.6) is 11.5 Å². The van der Waals surface area contributed by atoms with Crippen LogP contribution >= 0.6 is 23.2 Å². The minimum Gasteiger partial charge on any atom is -0.486 e. The Balaban J connectivity index is 1.73. The fraction of sp³-hybridized carbons (Fsp3) is 0.333. The zero-order valence-corrected chi connectivity index (χ0v) is 25.7. The molecule has 0 aromatic heterocycles. The lowest BCUT2D eigenvalue weighted by Gasteiger charge is -2.32. The molecule has 3 aromatic carbocycles.